The summed E-state index contributed by atoms with van der Waals surface area (Å²) < 4.78 is 0.512. The minimum Gasteiger partial charge on any atom is -0.451 e. The van der Waals surface area contributed by atoms with Gasteiger partial charge in [0.15, 0.2) is 0 Å². The first-order valence-electron chi connectivity index (χ1n) is 2.20. The molecule has 0 saturated heterocycles. The van der Waals surface area contributed by atoms with Crippen molar-refractivity contribution < 1.29 is 5.02 Å². The maximum atomic E-state index is 8.70. The van der Waals surface area contributed by atoms with E-state index in [-0.39, 0.29) is 6.92 Å². The van der Waals surface area contributed by atoms with E-state index in [0.717, 1.165) is 6.32 Å². The Kier molecular flexibility index (Phi) is 4.80. The van der Waals surface area contributed by atoms with E-state index in [0.29, 0.717) is 3.67 Å². The zero-order valence-electron chi connectivity index (χ0n) is 4.26. The minimum atomic E-state index is -0.153. The van der Waals surface area contributed by atoms with E-state index in [1.807, 2.05) is 0 Å². The lowest BCUT2D eigenvalue weighted by molar-refractivity contribution is 0.579. The quantitative estimate of drug-likeness (QED) is 0.327. The Balaban J connectivity index is 2.95. The van der Waals surface area contributed by atoms with Gasteiger partial charge in [0.2, 0.25) is 0 Å². The van der Waals surface area contributed by atoms with Gasteiger partial charge in [-0.25, -0.2) is 0 Å². The molecule has 0 aliphatic heterocycles. The van der Waals surface area contributed by atoms with Crippen LogP contribution in [0.2, 0.25) is 13.1 Å². The molecule has 0 bridgehead atoms. The molecule has 42 valence electrons. The van der Waals surface area contributed by atoms with Crippen LogP contribution in [0.5, 0.6) is 0 Å². The lowest BCUT2D eigenvalue weighted by Crippen LogP contribution is -2.07. The van der Waals surface area contributed by atoms with Crippen molar-refractivity contribution in [3.63, 3.8) is 0 Å². The van der Waals surface area contributed by atoms with Crippen LogP contribution >= 0.6 is 31.8 Å². The summed E-state index contributed by atoms with van der Waals surface area (Å²) in [5.41, 5.74) is 0. The third-order valence-corrected chi connectivity index (χ3v) is 1.35. The highest BCUT2D eigenvalue weighted by Crippen LogP contribution is 2.14. The first kappa shape index (κ1) is 8.18. The molecule has 0 radical (unpaired) electrons. The summed E-state index contributed by atoms with van der Waals surface area (Å²) >= 11 is 2.26. The third-order valence-electron chi connectivity index (χ3n) is 0.566. The Bertz CT molecular complexity index is 44.2. The lowest BCUT2D eigenvalue weighted by Gasteiger charge is -1.99. The van der Waals surface area contributed by atoms with Crippen LogP contribution in [0.1, 0.15) is 0 Å². The Morgan fingerprint density at radius 1 is 2.00 bits per heavy atom. The standard InChI is InChI=1S/C3H9BIOP/c1-4(6)2-3(5)7/h3,6H,2,7H2,1H3. The molecule has 0 aliphatic rings. The Labute approximate surface area is 60.7 Å². The molecule has 2 unspecified atom stereocenters. The van der Waals surface area contributed by atoms with Gasteiger partial charge in [0.25, 0.3) is 6.92 Å². The van der Waals surface area contributed by atoms with E-state index in [2.05, 4.69) is 31.8 Å². The Hall–Kier alpha value is 1.18. The van der Waals surface area contributed by atoms with Gasteiger partial charge in [-0.1, -0.05) is 29.4 Å². The van der Waals surface area contributed by atoms with Gasteiger partial charge in [-0.3, -0.25) is 0 Å². The second kappa shape index (κ2) is 4.10. The maximum Gasteiger partial charge on any atom is 0.287 e. The molecule has 0 fully saturated rings. The van der Waals surface area contributed by atoms with E-state index in [1.165, 1.54) is 0 Å². The van der Waals surface area contributed by atoms with Crippen LogP contribution in [-0.2, 0) is 0 Å². The fraction of sp³-hybridized carbons (Fsp3) is 1.00. The Morgan fingerprint density at radius 2 is 2.43 bits per heavy atom. The molecular weight excluding hydrogens is 221 g/mol. The average molecular weight is 230 g/mol. The van der Waals surface area contributed by atoms with Gasteiger partial charge in [-0.05, 0) is 6.32 Å². The van der Waals surface area contributed by atoms with E-state index in [9.17, 15) is 0 Å². The zero-order valence-corrected chi connectivity index (χ0v) is 7.58. The van der Waals surface area contributed by atoms with Crippen molar-refractivity contribution in [3.8, 4) is 0 Å². The molecule has 0 aliphatic carbocycles. The number of hydrogen-bond donors (Lipinski definition) is 1. The van der Waals surface area contributed by atoms with E-state index < -0.39 is 0 Å². The van der Waals surface area contributed by atoms with Gasteiger partial charge in [0.05, 0.1) is 0 Å². The van der Waals surface area contributed by atoms with Gasteiger partial charge in [0, 0.05) is 3.67 Å². The minimum absolute atomic E-state index is 0.153. The summed E-state index contributed by atoms with van der Waals surface area (Å²) in [6.45, 7) is 1.65. The summed E-state index contributed by atoms with van der Waals surface area (Å²) in [5, 5.41) is 8.70. The average Bonchev–Trinajstić information content (AvgIpc) is 1.27. The molecule has 4 heteroatoms. The molecule has 0 aromatic heterocycles. The molecule has 0 rings (SSSR count). The maximum absolute atomic E-state index is 8.70. The molecule has 0 aromatic carbocycles. The molecule has 1 nitrogen and oxygen atoms in total. The molecule has 0 heterocycles. The van der Waals surface area contributed by atoms with Crippen molar-refractivity contribution in [3.05, 3.63) is 0 Å². The second-order valence-electron chi connectivity index (χ2n) is 1.60. The number of hydrogen-bond acceptors (Lipinski definition) is 1. The van der Waals surface area contributed by atoms with E-state index >= 15 is 0 Å². The summed E-state index contributed by atoms with van der Waals surface area (Å²) in [6, 6.07) is 0. The highest BCUT2D eigenvalue weighted by Gasteiger charge is 2.04. The van der Waals surface area contributed by atoms with Crippen molar-refractivity contribution in [2.24, 2.45) is 0 Å². The molecule has 0 saturated carbocycles. The topological polar surface area (TPSA) is 20.2 Å². The van der Waals surface area contributed by atoms with Crippen molar-refractivity contribution in [1.29, 1.82) is 0 Å². The number of halogens is 1. The van der Waals surface area contributed by atoms with E-state index in [4.69, 9.17) is 5.02 Å². The van der Waals surface area contributed by atoms with Gasteiger partial charge < -0.3 is 5.02 Å². The molecule has 0 aromatic rings. The van der Waals surface area contributed by atoms with Crippen molar-refractivity contribution in [1.82, 2.24) is 0 Å². The van der Waals surface area contributed by atoms with Crippen LogP contribution in [-0.4, -0.2) is 15.6 Å². The van der Waals surface area contributed by atoms with Crippen molar-refractivity contribution in [2.45, 2.75) is 16.8 Å². The van der Waals surface area contributed by atoms with Crippen molar-refractivity contribution in [2.75, 3.05) is 0 Å². The number of alkyl halides is 1. The predicted octanol–water partition coefficient (Wildman–Crippen LogP) is 1.24. The van der Waals surface area contributed by atoms with Crippen molar-refractivity contribution >= 4 is 38.7 Å². The van der Waals surface area contributed by atoms with Crippen LogP contribution in [0.15, 0.2) is 0 Å². The van der Waals surface area contributed by atoms with Crippen LogP contribution < -0.4 is 0 Å². The smallest absolute Gasteiger partial charge is 0.287 e. The predicted molar refractivity (Wildman–Crippen MR) is 46.2 cm³/mol. The SMILES string of the molecule is CB(O)CC(P)I. The molecule has 0 spiro atoms. The fourth-order valence-electron chi connectivity index (χ4n) is 0.326. The first-order chi connectivity index (χ1) is 3.13. The van der Waals surface area contributed by atoms with Crippen LogP contribution in [0.3, 0.4) is 0 Å². The molecule has 0 amide bonds. The highest BCUT2D eigenvalue weighted by molar-refractivity contribution is 14.1. The first-order valence-corrected chi connectivity index (χ1v) is 4.12. The fourth-order valence-corrected chi connectivity index (χ4v) is 1.46. The van der Waals surface area contributed by atoms with Crippen LogP contribution in [0.4, 0.5) is 0 Å². The summed E-state index contributed by atoms with van der Waals surface area (Å²) in [6.07, 6.45) is 0.866. The summed E-state index contributed by atoms with van der Waals surface area (Å²) in [7, 11) is 2.63. The third kappa shape index (κ3) is 7.18. The highest BCUT2D eigenvalue weighted by atomic mass is 127. The van der Waals surface area contributed by atoms with Gasteiger partial charge in [0.1, 0.15) is 0 Å². The second-order valence-corrected chi connectivity index (χ2v) is 5.36. The Morgan fingerprint density at radius 3 is 2.43 bits per heavy atom. The molecule has 1 N–H and O–H groups in total. The largest absolute Gasteiger partial charge is 0.451 e. The molecule has 7 heavy (non-hydrogen) atoms. The summed E-state index contributed by atoms with van der Waals surface area (Å²) in [4.78, 5) is 0. The van der Waals surface area contributed by atoms with E-state index in [1.54, 1.807) is 6.82 Å². The lowest BCUT2D eigenvalue weighted by atomic mass is 9.69. The monoisotopic (exact) mass is 230 g/mol. The van der Waals surface area contributed by atoms with Crippen LogP contribution in [0, 0.1) is 0 Å². The van der Waals surface area contributed by atoms with Gasteiger partial charge in [-0.2, -0.15) is 0 Å². The van der Waals surface area contributed by atoms with Crippen LogP contribution in [0.25, 0.3) is 0 Å². The number of rotatable bonds is 2. The summed E-state index contributed by atoms with van der Waals surface area (Å²) in [5.74, 6) is 0. The van der Waals surface area contributed by atoms with Gasteiger partial charge >= 0.3 is 0 Å². The van der Waals surface area contributed by atoms with Gasteiger partial charge in [-0.15, -0.1) is 9.24 Å². The molecular formula is C3H9BIOP. The molecule has 2 atom stereocenters. The normalized spacial score (nSPS) is 13.7. The zero-order chi connectivity index (χ0) is 5.86.